The number of methoxy groups -OCH3 is 1. The van der Waals surface area contributed by atoms with Crippen molar-refractivity contribution in [3.63, 3.8) is 0 Å². The van der Waals surface area contributed by atoms with Crippen LogP contribution in [0.15, 0.2) is 60.7 Å². The minimum Gasteiger partial charge on any atom is -0.496 e. The molecule has 0 bridgehead atoms. The standard InChI is InChI=1S/C23H28N4O/c1-4-27(17-19-10-6-5-7-11-19)23-25-18(2)16-22(26-23)24-15-14-20-12-8-9-13-21(20)28-3/h5-13,16H,4,14-15,17H2,1-3H3,(H,24,25,26). The molecule has 0 saturated carbocycles. The zero-order chi connectivity index (χ0) is 19.8. The van der Waals surface area contributed by atoms with Gasteiger partial charge in [-0.05, 0) is 37.5 Å². The summed E-state index contributed by atoms with van der Waals surface area (Å²) < 4.78 is 5.43. The van der Waals surface area contributed by atoms with Gasteiger partial charge in [0.1, 0.15) is 11.6 Å². The summed E-state index contributed by atoms with van der Waals surface area (Å²) in [4.78, 5) is 11.6. The van der Waals surface area contributed by atoms with Gasteiger partial charge in [-0.15, -0.1) is 0 Å². The van der Waals surface area contributed by atoms with E-state index in [0.717, 1.165) is 49.3 Å². The number of nitrogens with zero attached hydrogens (tertiary/aromatic N) is 3. The van der Waals surface area contributed by atoms with E-state index in [0.29, 0.717) is 0 Å². The van der Waals surface area contributed by atoms with E-state index in [-0.39, 0.29) is 0 Å². The number of hydrogen-bond acceptors (Lipinski definition) is 5. The topological polar surface area (TPSA) is 50.3 Å². The molecule has 0 saturated heterocycles. The lowest BCUT2D eigenvalue weighted by Gasteiger charge is -2.22. The summed E-state index contributed by atoms with van der Waals surface area (Å²) in [5, 5.41) is 3.44. The van der Waals surface area contributed by atoms with Crippen molar-refractivity contribution < 1.29 is 4.74 Å². The molecule has 2 aromatic carbocycles. The van der Waals surface area contributed by atoms with Crippen LogP contribution >= 0.6 is 0 Å². The van der Waals surface area contributed by atoms with Crippen molar-refractivity contribution in [3.8, 4) is 5.75 Å². The molecule has 0 fully saturated rings. The minimum absolute atomic E-state index is 0.756. The lowest BCUT2D eigenvalue weighted by molar-refractivity contribution is 0.410. The summed E-state index contributed by atoms with van der Waals surface area (Å²) in [5.41, 5.74) is 3.39. The number of aromatic nitrogens is 2. The quantitative estimate of drug-likeness (QED) is 0.597. The monoisotopic (exact) mass is 376 g/mol. The van der Waals surface area contributed by atoms with Crippen molar-refractivity contribution >= 4 is 11.8 Å². The normalized spacial score (nSPS) is 10.5. The maximum Gasteiger partial charge on any atom is 0.227 e. The second kappa shape index (κ2) is 9.74. The number of nitrogens with one attached hydrogen (secondary N) is 1. The number of aryl methyl sites for hydroxylation is 1. The Morgan fingerprint density at radius 3 is 2.50 bits per heavy atom. The Kier molecular flexibility index (Phi) is 6.84. The Labute approximate surface area is 167 Å². The fourth-order valence-corrected chi connectivity index (χ4v) is 3.15. The number of rotatable bonds is 9. The Hall–Kier alpha value is -3.08. The third-order valence-electron chi connectivity index (χ3n) is 4.62. The first-order valence-electron chi connectivity index (χ1n) is 9.70. The molecule has 0 aliphatic carbocycles. The molecule has 146 valence electrons. The van der Waals surface area contributed by atoms with Crippen LogP contribution in [-0.2, 0) is 13.0 Å². The number of anilines is 2. The lowest BCUT2D eigenvalue weighted by Crippen LogP contribution is -2.25. The van der Waals surface area contributed by atoms with Crippen molar-refractivity contribution in [1.29, 1.82) is 0 Å². The van der Waals surface area contributed by atoms with E-state index in [9.17, 15) is 0 Å². The van der Waals surface area contributed by atoms with Gasteiger partial charge in [-0.25, -0.2) is 4.98 Å². The number of hydrogen-bond donors (Lipinski definition) is 1. The van der Waals surface area contributed by atoms with Crippen LogP contribution in [0.4, 0.5) is 11.8 Å². The maximum atomic E-state index is 5.43. The van der Waals surface area contributed by atoms with Gasteiger partial charge in [0.05, 0.1) is 7.11 Å². The average molecular weight is 377 g/mol. The van der Waals surface area contributed by atoms with Crippen LogP contribution in [-0.4, -0.2) is 30.2 Å². The molecule has 5 heteroatoms. The van der Waals surface area contributed by atoms with Gasteiger partial charge in [0, 0.05) is 31.4 Å². The molecule has 28 heavy (non-hydrogen) atoms. The third kappa shape index (κ3) is 5.22. The van der Waals surface area contributed by atoms with Crippen molar-refractivity contribution in [2.75, 3.05) is 30.4 Å². The van der Waals surface area contributed by atoms with Gasteiger partial charge in [0.25, 0.3) is 0 Å². The summed E-state index contributed by atoms with van der Waals surface area (Å²) in [5.74, 6) is 2.53. The number of benzene rings is 2. The highest BCUT2D eigenvalue weighted by Crippen LogP contribution is 2.19. The first-order chi connectivity index (χ1) is 13.7. The van der Waals surface area contributed by atoms with Crippen LogP contribution in [0.2, 0.25) is 0 Å². The molecule has 0 atom stereocenters. The maximum absolute atomic E-state index is 5.43. The van der Waals surface area contributed by atoms with Crippen LogP contribution in [0, 0.1) is 6.92 Å². The van der Waals surface area contributed by atoms with Crippen LogP contribution in [0.3, 0.4) is 0 Å². The van der Waals surface area contributed by atoms with Crippen LogP contribution in [0.1, 0.15) is 23.7 Å². The second-order valence-corrected chi connectivity index (χ2v) is 6.68. The van der Waals surface area contributed by atoms with Gasteiger partial charge < -0.3 is 15.0 Å². The highest BCUT2D eigenvalue weighted by atomic mass is 16.5. The van der Waals surface area contributed by atoms with E-state index in [2.05, 4.69) is 52.5 Å². The molecule has 0 radical (unpaired) electrons. The van der Waals surface area contributed by atoms with Crippen LogP contribution in [0.5, 0.6) is 5.75 Å². The summed E-state index contributed by atoms with van der Waals surface area (Å²) >= 11 is 0. The summed E-state index contributed by atoms with van der Waals surface area (Å²) in [6.07, 6.45) is 0.865. The molecule has 1 heterocycles. The summed E-state index contributed by atoms with van der Waals surface area (Å²) in [7, 11) is 1.71. The zero-order valence-corrected chi connectivity index (χ0v) is 16.9. The smallest absolute Gasteiger partial charge is 0.227 e. The second-order valence-electron chi connectivity index (χ2n) is 6.68. The van der Waals surface area contributed by atoms with Gasteiger partial charge >= 0.3 is 0 Å². The summed E-state index contributed by atoms with van der Waals surface area (Å²) in [6.45, 7) is 6.55. The highest BCUT2D eigenvalue weighted by Gasteiger charge is 2.11. The Balaban J connectivity index is 1.68. The molecule has 3 aromatic rings. The number of para-hydroxylation sites is 1. The van der Waals surface area contributed by atoms with Gasteiger partial charge in [0.2, 0.25) is 5.95 Å². The molecule has 5 nitrogen and oxygen atoms in total. The minimum atomic E-state index is 0.756. The average Bonchev–Trinajstić information content (AvgIpc) is 2.72. The van der Waals surface area contributed by atoms with Gasteiger partial charge in [-0.2, -0.15) is 4.98 Å². The Morgan fingerprint density at radius 1 is 1.00 bits per heavy atom. The highest BCUT2D eigenvalue weighted by molar-refractivity contribution is 5.44. The molecule has 0 spiro atoms. The first kappa shape index (κ1) is 19.7. The van der Waals surface area contributed by atoms with Gasteiger partial charge in [-0.1, -0.05) is 48.5 Å². The third-order valence-corrected chi connectivity index (χ3v) is 4.62. The van der Waals surface area contributed by atoms with Crippen LogP contribution in [0.25, 0.3) is 0 Å². The largest absolute Gasteiger partial charge is 0.496 e. The first-order valence-corrected chi connectivity index (χ1v) is 9.70. The van der Waals surface area contributed by atoms with E-state index in [4.69, 9.17) is 9.72 Å². The van der Waals surface area contributed by atoms with Gasteiger partial charge in [-0.3, -0.25) is 0 Å². The molecule has 0 amide bonds. The van der Waals surface area contributed by atoms with E-state index in [1.807, 2.05) is 37.3 Å². The van der Waals surface area contributed by atoms with Crippen LogP contribution < -0.4 is 15.0 Å². The fourth-order valence-electron chi connectivity index (χ4n) is 3.15. The van der Waals surface area contributed by atoms with E-state index in [1.54, 1.807) is 7.11 Å². The zero-order valence-electron chi connectivity index (χ0n) is 16.9. The van der Waals surface area contributed by atoms with E-state index in [1.165, 1.54) is 11.1 Å². The Bertz CT molecular complexity index is 883. The predicted octanol–water partition coefficient (Wildman–Crippen LogP) is 4.47. The molecule has 1 N–H and O–H groups in total. The molecule has 0 aliphatic heterocycles. The molecule has 1 aromatic heterocycles. The number of ether oxygens (including phenoxy) is 1. The molecular weight excluding hydrogens is 348 g/mol. The molecular formula is C23H28N4O. The van der Waals surface area contributed by atoms with Crippen molar-refractivity contribution in [2.24, 2.45) is 0 Å². The van der Waals surface area contributed by atoms with Crippen molar-refractivity contribution in [2.45, 2.75) is 26.8 Å². The molecule has 0 aliphatic rings. The van der Waals surface area contributed by atoms with Crippen molar-refractivity contribution in [1.82, 2.24) is 9.97 Å². The van der Waals surface area contributed by atoms with E-state index < -0.39 is 0 Å². The summed E-state index contributed by atoms with van der Waals surface area (Å²) in [6, 6.07) is 20.5. The Morgan fingerprint density at radius 2 is 1.75 bits per heavy atom. The fraction of sp³-hybridized carbons (Fsp3) is 0.304. The molecule has 3 rings (SSSR count). The predicted molar refractivity (Wildman–Crippen MR) is 115 cm³/mol. The SMILES string of the molecule is CCN(Cc1ccccc1)c1nc(C)cc(NCCc2ccccc2OC)n1. The van der Waals surface area contributed by atoms with E-state index >= 15 is 0 Å². The lowest BCUT2D eigenvalue weighted by atomic mass is 10.1. The van der Waals surface area contributed by atoms with Crippen molar-refractivity contribution in [3.05, 3.63) is 77.5 Å². The van der Waals surface area contributed by atoms with Gasteiger partial charge in [0.15, 0.2) is 0 Å². The molecule has 0 unspecified atom stereocenters.